The summed E-state index contributed by atoms with van der Waals surface area (Å²) in [5.41, 5.74) is 0. The van der Waals surface area contributed by atoms with Crippen molar-refractivity contribution in [2.75, 3.05) is 18.9 Å². The van der Waals surface area contributed by atoms with Crippen molar-refractivity contribution in [1.82, 2.24) is 4.72 Å². The van der Waals surface area contributed by atoms with Crippen molar-refractivity contribution in [3.05, 3.63) is 0 Å². The van der Waals surface area contributed by atoms with Crippen LogP contribution in [0.25, 0.3) is 0 Å². The van der Waals surface area contributed by atoms with Gasteiger partial charge in [0.2, 0.25) is 10.0 Å². The molecule has 0 bridgehead atoms. The molecular formula is C7H12N2O4S. The summed E-state index contributed by atoms with van der Waals surface area (Å²) in [7, 11) is -3.56. The number of esters is 1. The molecule has 0 rings (SSSR count). The molecule has 0 saturated carbocycles. The van der Waals surface area contributed by atoms with Crippen LogP contribution in [-0.4, -0.2) is 33.3 Å². The number of rotatable bonds is 6. The minimum Gasteiger partial charge on any atom is -0.466 e. The van der Waals surface area contributed by atoms with Crippen molar-refractivity contribution < 1.29 is 17.9 Å². The largest absolute Gasteiger partial charge is 0.466 e. The van der Waals surface area contributed by atoms with Crippen molar-refractivity contribution in [3.8, 4) is 6.07 Å². The van der Waals surface area contributed by atoms with E-state index < -0.39 is 21.7 Å². The molecule has 0 aliphatic carbocycles. The summed E-state index contributed by atoms with van der Waals surface area (Å²) in [6.45, 7) is 1.89. The predicted octanol–water partition coefficient (Wildman–Crippen LogP) is -0.617. The molecular weight excluding hydrogens is 208 g/mol. The van der Waals surface area contributed by atoms with Crippen molar-refractivity contribution >= 4 is 16.0 Å². The number of ether oxygens (including phenoxy) is 1. The Kier molecular flexibility index (Phi) is 5.83. The van der Waals surface area contributed by atoms with Crippen LogP contribution in [0.3, 0.4) is 0 Å². The van der Waals surface area contributed by atoms with Gasteiger partial charge in [0.1, 0.15) is 0 Å². The molecule has 0 aliphatic rings. The van der Waals surface area contributed by atoms with Crippen LogP contribution >= 0.6 is 0 Å². The van der Waals surface area contributed by atoms with Crippen LogP contribution in [0.15, 0.2) is 0 Å². The lowest BCUT2D eigenvalue weighted by molar-refractivity contribution is -0.142. The maximum Gasteiger partial charge on any atom is 0.307 e. The van der Waals surface area contributed by atoms with E-state index in [1.165, 1.54) is 6.07 Å². The third-order valence-electron chi connectivity index (χ3n) is 1.21. The third-order valence-corrected chi connectivity index (χ3v) is 2.36. The van der Waals surface area contributed by atoms with Crippen LogP contribution in [0.2, 0.25) is 0 Å². The van der Waals surface area contributed by atoms with Gasteiger partial charge in [0.15, 0.2) is 5.75 Å². The zero-order chi connectivity index (χ0) is 11.0. The van der Waals surface area contributed by atoms with Crippen LogP contribution < -0.4 is 4.72 Å². The highest BCUT2D eigenvalue weighted by molar-refractivity contribution is 7.89. The summed E-state index contributed by atoms with van der Waals surface area (Å²) >= 11 is 0. The molecule has 80 valence electrons. The average molecular weight is 220 g/mol. The Morgan fingerprint density at radius 2 is 2.21 bits per heavy atom. The number of carbonyl (C=O) groups is 1. The average Bonchev–Trinajstić information content (AvgIpc) is 2.03. The molecule has 0 amide bonds. The monoisotopic (exact) mass is 220 g/mol. The molecule has 0 fully saturated rings. The number of hydrogen-bond donors (Lipinski definition) is 1. The highest BCUT2D eigenvalue weighted by Crippen LogP contribution is 1.87. The Labute approximate surface area is 82.9 Å². The van der Waals surface area contributed by atoms with Crippen LogP contribution in [0.1, 0.15) is 13.3 Å². The van der Waals surface area contributed by atoms with E-state index in [0.29, 0.717) is 0 Å². The first-order valence-corrected chi connectivity index (χ1v) is 5.67. The minimum absolute atomic E-state index is 0.0293. The van der Waals surface area contributed by atoms with Gasteiger partial charge in [0, 0.05) is 6.54 Å². The summed E-state index contributed by atoms with van der Waals surface area (Å²) in [6, 6.07) is 1.50. The van der Waals surface area contributed by atoms with Gasteiger partial charge >= 0.3 is 5.97 Å². The zero-order valence-corrected chi connectivity index (χ0v) is 8.63. The molecule has 0 heterocycles. The second-order valence-corrected chi connectivity index (χ2v) is 4.17. The molecule has 1 N–H and O–H groups in total. The van der Waals surface area contributed by atoms with Gasteiger partial charge in [0.25, 0.3) is 0 Å². The van der Waals surface area contributed by atoms with Gasteiger partial charge in [-0.15, -0.1) is 0 Å². The maximum absolute atomic E-state index is 10.9. The highest BCUT2D eigenvalue weighted by atomic mass is 32.2. The quantitative estimate of drug-likeness (QED) is 0.602. The Morgan fingerprint density at radius 3 is 2.71 bits per heavy atom. The minimum atomic E-state index is -3.56. The number of nitriles is 1. The summed E-state index contributed by atoms with van der Waals surface area (Å²) in [4.78, 5) is 10.8. The van der Waals surface area contributed by atoms with Crippen LogP contribution in [0, 0.1) is 11.3 Å². The van der Waals surface area contributed by atoms with Crippen molar-refractivity contribution in [2.24, 2.45) is 0 Å². The molecule has 6 nitrogen and oxygen atoms in total. The Morgan fingerprint density at radius 1 is 1.57 bits per heavy atom. The summed E-state index contributed by atoms with van der Waals surface area (Å²) < 4.78 is 28.4. The van der Waals surface area contributed by atoms with Crippen molar-refractivity contribution in [2.45, 2.75) is 13.3 Å². The normalized spacial score (nSPS) is 10.6. The Bertz CT molecular complexity index is 317. The lowest BCUT2D eigenvalue weighted by Gasteiger charge is -2.02. The lowest BCUT2D eigenvalue weighted by Crippen LogP contribution is -2.28. The molecule has 0 aromatic heterocycles. The van der Waals surface area contributed by atoms with Crippen LogP contribution in [0.4, 0.5) is 0 Å². The number of nitrogens with zero attached hydrogens (tertiary/aromatic N) is 1. The summed E-state index contributed by atoms with van der Waals surface area (Å²) in [5.74, 6) is -1.07. The molecule has 14 heavy (non-hydrogen) atoms. The van der Waals surface area contributed by atoms with Gasteiger partial charge in [-0.3, -0.25) is 4.79 Å². The topological polar surface area (TPSA) is 96.3 Å². The maximum atomic E-state index is 10.9. The molecule has 0 unspecified atom stereocenters. The second-order valence-electron chi connectivity index (χ2n) is 2.37. The fourth-order valence-electron chi connectivity index (χ4n) is 0.678. The predicted molar refractivity (Wildman–Crippen MR) is 48.7 cm³/mol. The lowest BCUT2D eigenvalue weighted by atomic mass is 10.4. The van der Waals surface area contributed by atoms with Crippen molar-refractivity contribution in [1.29, 1.82) is 5.26 Å². The van der Waals surface area contributed by atoms with Gasteiger partial charge in [-0.1, -0.05) is 0 Å². The van der Waals surface area contributed by atoms with Gasteiger partial charge in [-0.25, -0.2) is 13.1 Å². The molecule has 0 radical (unpaired) electrons. The van der Waals surface area contributed by atoms with Crippen molar-refractivity contribution in [3.63, 3.8) is 0 Å². The number of sulfonamides is 1. The van der Waals surface area contributed by atoms with Gasteiger partial charge in [0.05, 0.1) is 19.1 Å². The first-order valence-electron chi connectivity index (χ1n) is 4.01. The molecule has 0 atom stereocenters. The van der Waals surface area contributed by atoms with Crippen LogP contribution in [-0.2, 0) is 19.6 Å². The van der Waals surface area contributed by atoms with E-state index in [-0.39, 0.29) is 19.6 Å². The first kappa shape index (κ1) is 12.9. The van der Waals surface area contributed by atoms with E-state index in [0.717, 1.165) is 0 Å². The first-order chi connectivity index (χ1) is 6.52. The smallest absolute Gasteiger partial charge is 0.307 e. The van der Waals surface area contributed by atoms with Gasteiger partial charge in [-0.05, 0) is 6.92 Å². The summed E-state index contributed by atoms with van der Waals surface area (Å²) in [6.07, 6.45) is -0.0293. The van der Waals surface area contributed by atoms with E-state index >= 15 is 0 Å². The number of carbonyl (C=O) groups excluding carboxylic acids is 1. The fourth-order valence-corrected chi connectivity index (χ4v) is 1.36. The second kappa shape index (κ2) is 6.34. The standard InChI is InChI=1S/C7H12N2O4S/c1-2-13-7(10)3-5-9-14(11,12)6-4-8/h9H,2-3,5-6H2,1H3. The number of nitrogens with one attached hydrogen (secondary N) is 1. The molecule has 0 spiro atoms. The zero-order valence-electron chi connectivity index (χ0n) is 7.82. The Hall–Kier alpha value is -1.13. The molecule has 0 saturated heterocycles. The van der Waals surface area contributed by atoms with E-state index in [2.05, 4.69) is 9.46 Å². The van der Waals surface area contributed by atoms with E-state index in [4.69, 9.17) is 5.26 Å². The van der Waals surface area contributed by atoms with E-state index in [1.54, 1.807) is 6.92 Å². The van der Waals surface area contributed by atoms with Crippen LogP contribution in [0.5, 0.6) is 0 Å². The highest BCUT2D eigenvalue weighted by Gasteiger charge is 2.09. The fraction of sp³-hybridized carbons (Fsp3) is 0.714. The van der Waals surface area contributed by atoms with Gasteiger partial charge in [-0.2, -0.15) is 5.26 Å². The van der Waals surface area contributed by atoms with E-state index in [9.17, 15) is 13.2 Å². The third kappa shape index (κ3) is 6.39. The molecule has 0 aromatic carbocycles. The molecule has 0 aromatic rings. The number of hydrogen-bond acceptors (Lipinski definition) is 5. The summed E-state index contributed by atoms with van der Waals surface area (Å²) in [5, 5.41) is 8.13. The molecule has 0 aliphatic heterocycles. The Balaban J connectivity index is 3.75. The molecule has 7 heteroatoms. The van der Waals surface area contributed by atoms with E-state index in [1.807, 2.05) is 0 Å². The van der Waals surface area contributed by atoms with Gasteiger partial charge < -0.3 is 4.74 Å². The SMILES string of the molecule is CCOC(=O)CCNS(=O)(=O)CC#N.